The van der Waals surface area contributed by atoms with Gasteiger partial charge in [0.1, 0.15) is 24.4 Å². The minimum atomic E-state index is -1.20. The van der Waals surface area contributed by atoms with Crippen LogP contribution >= 0.6 is 0 Å². The number of hydrogen-bond donors (Lipinski definition) is 2. The monoisotopic (exact) mass is 358 g/mol. The SMILES string of the molecule is O[C@@H]1[C@@H](O)[C@@H](OCc2ccccc2)O[C@H]2CO[C@H](c3ccccc3)O[C@@H]12. The first-order valence-electron chi connectivity index (χ1n) is 8.71. The highest BCUT2D eigenvalue weighted by molar-refractivity contribution is 5.17. The predicted octanol–water partition coefficient (Wildman–Crippen LogP) is 1.76. The standard InChI is InChI=1S/C20H22O6/c21-16-17(22)20(23-11-13-7-3-1-4-8-13)25-15-12-24-19(26-18(15)16)14-9-5-2-6-10-14/h1-10,15-22H,11-12H2/t15-,16+,17+,18+,19-,20-/m0/s1. The van der Waals surface area contributed by atoms with Crippen LogP contribution in [-0.2, 0) is 25.6 Å². The third-order valence-electron chi connectivity index (χ3n) is 4.66. The van der Waals surface area contributed by atoms with Gasteiger partial charge in [0.15, 0.2) is 12.6 Å². The smallest absolute Gasteiger partial charge is 0.187 e. The van der Waals surface area contributed by atoms with Gasteiger partial charge in [-0.1, -0.05) is 60.7 Å². The lowest BCUT2D eigenvalue weighted by molar-refractivity contribution is -0.362. The Balaban J connectivity index is 1.40. The number of aliphatic hydroxyl groups is 2. The topological polar surface area (TPSA) is 77.4 Å². The van der Waals surface area contributed by atoms with Gasteiger partial charge in [0.05, 0.1) is 13.2 Å². The van der Waals surface area contributed by atoms with E-state index in [-0.39, 0.29) is 13.2 Å². The number of ether oxygens (including phenoxy) is 4. The molecule has 0 unspecified atom stereocenters. The first-order chi connectivity index (χ1) is 12.7. The predicted molar refractivity (Wildman–Crippen MR) is 91.9 cm³/mol. The highest BCUT2D eigenvalue weighted by Gasteiger charge is 2.49. The summed E-state index contributed by atoms with van der Waals surface area (Å²) in [5, 5.41) is 20.9. The molecule has 2 aromatic rings. The van der Waals surface area contributed by atoms with Crippen LogP contribution in [0.15, 0.2) is 60.7 Å². The van der Waals surface area contributed by atoms with Crippen molar-refractivity contribution in [3.05, 3.63) is 71.8 Å². The second-order valence-electron chi connectivity index (χ2n) is 6.50. The summed E-state index contributed by atoms with van der Waals surface area (Å²) in [5.41, 5.74) is 1.82. The Morgan fingerprint density at radius 3 is 2.31 bits per heavy atom. The molecule has 138 valence electrons. The van der Waals surface area contributed by atoms with Crippen molar-refractivity contribution in [3.63, 3.8) is 0 Å². The van der Waals surface area contributed by atoms with Crippen LogP contribution in [0, 0.1) is 0 Å². The molecule has 2 aliphatic rings. The molecule has 0 amide bonds. The van der Waals surface area contributed by atoms with Crippen LogP contribution in [0.25, 0.3) is 0 Å². The maximum atomic E-state index is 10.5. The molecule has 2 fully saturated rings. The summed E-state index contributed by atoms with van der Waals surface area (Å²) in [7, 11) is 0. The van der Waals surface area contributed by atoms with Crippen LogP contribution in [0.5, 0.6) is 0 Å². The summed E-state index contributed by atoms with van der Waals surface area (Å²) in [6.45, 7) is 0.528. The molecule has 2 heterocycles. The van der Waals surface area contributed by atoms with E-state index in [1.165, 1.54) is 0 Å². The van der Waals surface area contributed by atoms with Gasteiger partial charge in [0, 0.05) is 5.56 Å². The number of hydrogen-bond acceptors (Lipinski definition) is 6. The van der Waals surface area contributed by atoms with Gasteiger partial charge in [0.25, 0.3) is 0 Å². The lowest BCUT2D eigenvalue weighted by Crippen LogP contribution is -2.62. The van der Waals surface area contributed by atoms with E-state index < -0.39 is 37.0 Å². The van der Waals surface area contributed by atoms with Crippen molar-refractivity contribution >= 4 is 0 Å². The highest BCUT2D eigenvalue weighted by atomic mass is 16.8. The molecule has 4 rings (SSSR count). The first kappa shape index (κ1) is 17.6. The summed E-state index contributed by atoms with van der Waals surface area (Å²) in [5.74, 6) is 0. The molecule has 2 saturated heterocycles. The average molecular weight is 358 g/mol. The van der Waals surface area contributed by atoms with Crippen LogP contribution < -0.4 is 0 Å². The molecule has 6 atom stereocenters. The van der Waals surface area contributed by atoms with E-state index in [9.17, 15) is 10.2 Å². The van der Waals surface area contributed by atoms with E-state index in [0.29, 0.717) is 0 Å². The minimum absolute atomic E-state index is 0.249. The molecule has 26 heavy (non-hydrogen) atoms. The van der Waals surface area contributed by atoms with Gasteiger partial charge in [-0.2, -0.15) is 0 Å². The van der Waals surface area contributed by atoms with Crippen molar-refractivity contribution in [2.24, 2.45) is 0 Å². The summed E-state index contributed by atoms with van der Waals surface area (Å²) in [6, 6.07) is 19.1. The Labute approximate surface area is 151 Å². The Bertz CT molecular complexity index is 692. The summed E-state index contributed by atoms with van der Waals surface area (Å²) >= 11 is 0. The minimum Gasteiger partial charge on any atom is -0.387 e. The molecule has 2 aliphatic heterocycles. The molecule has 0 spiro atoms. The fraction of sp³-hybridized carbons (Fsp3) is 0.400. The fourth-order valence-corrected chi connectivity index (χ4v) is 3.25. The van der Waals surface area contributed by atoms with Crippen LogP contribution in [0.4, 0.5) is 0 Å². The lowest BCUT2D eigenvalue weighted by atomic mass is 9.98. The van der Waals surface area contributed by atoms with Crippen molar-refractivity contribution in [1.82, 2.24) is 0 Å². The van der Waals surface area contributed by atoms with Gasteiger partial charge in [-0.05, 0) is 5.56 Å². The molecule has 0 saturated carbocycles. The molecule has 2 N–H and O–H groups in total. The van der Waals surface area contributed by atoms with Gasteiger partial charge in [-0.15, -0.1) is 0 Å². The molecule has 6 heteroatoms. The van der Waals surface area contributed by atoms with E-state index in [4.69, 9.17) is 18.9 Å². The zero-order valence-corrected chi connectivity index (χ0v) is 14.2. The van der Waals surface area contributed by atoms with Crippen molar-refractivity contribution in [1.29, 1.82) is 0 Å². The van der Waals surface area contributed by atoms with E-state index in [1.54, 1.807) is 0 Å². The van der Waals surface area contributed by atoms with Crippen molar-refractivity contribution in [2.75, 3.05) is 6.61 Å². The number of rotatable bonds is 4. The van der Waals surface area contributed by atoms with Gasteiger partial charge < -0.3 is 29.2 Å². The second-order valence-corrected chi connectivity index (χ2v) is 6.50. The summed E-state index contributed by atoms with van der Waals surface area (Å²) in [6.07, 6.45) is -5.04. The third kappa shape index (κ3) is 3.66. The normalized spacial score (nSPS) is 34.2. The Kier molecular flexibility index (Phi) is 5.31. The van der Waals surface area contributed by atoms with Gasteiger partial charge >= 0.3 is 0 Å². The quantitative estimate of drug-likeness (QED) is 0.867. The maximum absolute atomic E-state index is 10.5. The molecule has 0 radical (unpaired) electrons. The molecule has 2 aromatic carbocycles. The molecular formula is C20H22O6. The van der Waals surface area contributed by atoms with Crippen LogP contribution in [0.2, 0.25) is 0 Å². The zero-order valence-electron chi connectivity index (χ0n) is 14.2. The summed E-state index contributed by atoms with van der Waals surface area (Å²) in [4.78, 5) is 0. The zero-order chi connectivity index (χ0) is 17.9. The lowest BCUT2D eigenvalue weighted by Gasteiger charge is -2.46. The molecule has 6 nitrogen and oxygen atoms in total. The van der Waals surface area contributed by atoms with Crippen molar-refractivity contribution in [3.8, 4) is 0 Å². The van der Waals surface area contributed by atoms with E-state index in [0.717, 1.165) is 11.1 Å². The van der Waals surface area contributed by atoms with Gasteiger partial charge in [-0.25, -0.2) is 0 Å². The van der Waals surface area contributed by atoms with Crippen LogP contribution in [0.3, 0.4) is 0 Å². The average Bonchev–Trinajstić information content (AvgIpc) is 2.71. The number of benzene rings is 2. The molecular weight excluding hydrogens is 336 g/mol. The number of fused-ring (bicyclic) bond motifs is 1. The number of aliphatic hydroxyl groups excluding tert-OH is 2. The van der Waals surface area contributed by atoms with E-state index in [2.05, 4.69) is 0 Å². The molecule has 0 aromatic heterocycles. The molecule has 0 bridgehead atoms. The molecule has 0 aliphatic carbocycles. The Morgan fingerprint density at radius 1 is 0.885 bits per heavy atom. The van der Waals surface area contributed by atoms with E-state index in [1.807, 2.05) is 60.7 Å². The summed E-state index contributed by atoms with van der Waals surface area (Å²) < 4.78 is 23.1. The van der Waals surface area contributed by atoms with Crippen molar-refractivity contribution < 1.29 is 29.2 Å². The Hall–Kier alpha value is -1.80. The second kappa shape index (κ2) is 7.84. The third-order valence-corrected chi connectivity index (χ3v) is 4.66. The van der Waals surface area contributed by atoms with Crippen molar-refractivity contribution in [2.45, 2.75) is 43.6 Å². The van der Waals surface area contributed by atoms with Gasteiger partial charge in [0.2, 0.25) is 0 Å². The Morgan fingerprint density at radius 2 is 1.58 bits per heavy atom. The van der Waals surface area contributed by atoms with E-state index >= 15 is 0 Å². The van der Waals surface area contributed by atoms with Gasteiger partial charge in [-0.3, -0.25) is 0 Å². The first-order valence-corrected chi connectivity index (χ1v) is 8.71. The van der Waals surface area contributed by atoms with Crippen LogP contribution in [0.1, 0.15) is 17.4 Å². The largest absolute Gasteiger partial charge is 0.387 e. The highest BCUT2D eigenvalue weighted by Crippen LogP contribution is 2.34. The fourth-order valence-electron chi connectivity index (χ4n) is 3.25. The maximum Gasteiger partial charge on any atom is 0.187 e. The van der Waals surface area contributed by atoms with Crippen LogP contribution in [-0.4, -0.2) is 47.5 Å².